The second-order valence-electron chi connectivity index (χ2n) is 7.11. The van der Waals surface area contributed by atoms with Crippen LogP contribution in [0.25, 0.3) is 0 Å². The molecule has 1 aliphatic rings. The first-order valence-corrected chi connectivity index (χ1v) is 9.55. The van der Waals surface area contributed by atoms with Gasteiger partial charge >= 0.3 is 5.97 Å². The zero-order valence-corrected chi connectivity index (χ0v) is 15.5. The maximum Gasteiger partial charge on any atom is 0.303 e. The molecule has 0 aromatic rings. The topological polar surface area (TPSA) is 118 Å². The molecule has 0 heterocycles. The Bertz CT molecular complexity index is 512. The highest BCUT2D eigenvalue weighted by molar-refractivity contribution is 5.66. The van der Waals surface area contributed by atoms with E-state index in [1.54, 1.807) is 6.08 Å². The smallest absolute Gasteiger partial charge is 0.303 e. The monoisotopic (exact) mass is 376 g/mol. The minimum atomic E-state index is -0.809. The molecular formula is C20H34O6. The molecule has 0 radical (unpaired) electrons. The number of allylic oxidation sites excluding steroid dienone is 2. The molecule has 1 fully saturated rings. The minimum Gasteiger partial charge on any atom is -0.481 e. The summed E-state index contributed by atoms with van der Waals surface area (Å²) in [6, 6.07) is 0. The Morgan fingerprint density at radius 2 is 2.12 bits per heavy atom. The zero-order valence-electron chi connectivity index (χ0n) is 18.5. The van der Waals surface area contributed by atoms with Crippen LogP contribution in [0.15, 0.2) is 24.3 Å². The lowest BCUT2D eigenvalue weighted by Crippen LogP contribution is -2.20. The SMILES string of the molecule is [3H]OC(/C=C/[C@H]1[C@@H](C/C=C\CCCC(=O)O)[C@@H](O)C[C@H]1O[3H])CCC(CC)O[3H]. The summed E-state index contributed by atoms with van der Waals surface area (Å²) >= 11 is 0. The highest BCUT2D eigenvalue weighted by Crippen LogP contribution is 2.36. The van der Waals surface area contributed by atoms with Crippen LogP contribution in [0.4, 0.5) is 0 Å². The lowest BCUT2D eigenvalue weighted by molar-refractivity contribution is -0.137. The van der Waals surface area contributed by atoms with Crippen LogP contribution < -0.4 is 0 Å². The molecule has 1 aliphatic carbocycles. The van der Waals surface area contributed by atoms with Gasteiger partial charge in [-0.25, -0.2) is 0 Å². The molecule has 6 heteroatoms. The van der Waals surface area contributed by atoms with Crippen LogP contribution in [0.5, 0.6) is 0 Å². The van der Waals surface area contributed by atoms with E-state index in [-0.39, 0.29) is 24.4 Å². The summed E-state index contributed by atoms with van der Waals surface area (Å²) < 4.78 is 21.6. The average Bonchev–Trinajstić information content (AvgIpc) is 3.02. The van der Waals surface area contributed by atoms with Crippen LogP contribution in [-0.4, -0.2) is 60.2 Å². The van der Waals surface area contributed by atoms with Crippen LogP contribution in [0.2, 0.25) is 0 Å². The van der Waals surface area contributed by atoms with Gasteiger partial charge in [-0.15, -0.1) is 0 Å². The van der Waals surface area contributed by atoms with Crippen molar-refractivity contribution in [3.8, 4) is 0 Å². The Morgan fingerprint density at radius 3 is 2.77 bits per heavy atom. The van der Waals surface area contributed by atoms with E-state index < -0.39 is 24.3 Å². The molecule has 5 N–H and O–H groups in total. The summed E-state index contributed by atoms with van der Waals surface area (Å²) in [7, 11) is 0. The third-order valence-electron chi connectivity index (χ3n) is 5.00. The number of rotatable bonds is 15. The number of aliphatic hydroxyl groups excluding tert-OH is 4. The van der Waals surface area contributed by atoms with E-state index in [1.807, 2.05) is 25.2 Å². The Hall–Kier alpha value is -1.21. The number of unbranched alkanes of at least 4 members (excludes halogenated alkanes) is 1. The first kappa shape index (κ1) is 18.2. The van der Waals surface area contributed by atoms with Crippen molar-refractivity contribution in [1.82, 2.24) is 0 Å². The minimum absolute atomic E-state index is 0.122. The molecule has 0 aromatic carbocycles. The molecule has 26 heavy (non-hydrogen) atoms. The molecule has 150 valence electrons. The number of carboxylic acids is 1. The third kappa shape index (κ3) is 8.45. The molecule has 0 aromatic heterocycles. The highest BCUT2D eigenvalue weighted by atomic mass is 16.4. The predicted octanol–water partition coefficient (Wildman–Crippen LogP) is 2.01. The van der Waals surface area contributed by atoms with E-state index in [4.69, 9.17) is 19.6 Å². The summed E-state index contributed by atoms with van der Waals surface area (Å²) in [5.41, 5.74) is 0. The molecule has 6 atom stereocenters. The Morgan fingerprint density at radius 1 is 1.27 bits per heavy atom. The van der Waals surface area contributed by atoms with E-state index in [0.29, 0.717) is 44.9 Å². The lowest BCUT2D eigenvalue weighted by Gasteiger charge is -2.19. The lowest BCUT2D eigenvalue weighted by atomic mass is 9.89. The third-order valence-corrected chi connectivity index (χ3v) is 5.00. The summed E-state index contributed by atoms with van der Waals surface area (Å²) in [4.78, 5) is 10.5. The van der Waals surface area contributed by atoms with Gasteiger partial charge in [0.25, 0.3) is 0 Å². The second kappa shape index (κ2) is 12.2. The molecule has 0 bridgehead atoms. The molecule has 0 aliphatic heterocycles. The molecule has 1 rings (SSSR count). The first-order valence-electron chi connectivity index (χ1n) is 10.8. The van der Waals surface area contributed by atoms with E-state index in [0.717, 1.165) is 0 Å². The van der Waals surface area contributed by atoms with Gasteiger partial charge in [0, 0.05) is 18.8 Å². The molecular weight excluding hydrogens is 336 g/mol. The van der Waals surface area contributed by atoms with Gasteiger partial charge in [0.15, 0.2) is 0 Å². The average molecular weight is 377 g/mol. The highest BCUT2D eigenvalue weighted by Gasteiger charge is 2.39. The van der Waals surface area contributed by atoms with Crippen molar-refractivity contribution in [1.29, 1.82) is 4.29 Å². The fraction of sp³-hybridized carbons (Fsp3) is 0.750. The van der Waals surface area contributed by atoms with Gasteiger partial charge in [0.05, 0.1) is 24.4 Å². The van der Waals surface area contributed by atoms with Gasteiger partial charge in [-0.05, 0) is 44.4 Å². The molecule has 0 spiro atoms. The molecule has 1 saturated carbocycles. The van der Waals surface area contributed by atoms with E-state index in [9.17, 15) is 9.90 Å². The van der Waals surface area contributed by atoms with E-state index >= 15 is 0 Å². The summed E-state index contributed by atoms with van der Waals surface area (Å²) in [5.74, 6) is -1.11. The summed E-state index contributed by atoms with van der Waals surface area (Å²) in [5, 5.41) is 33.2. The number of hydrogen-bond donors (Lipinski definition) is 5. The van der Waals surface area contributed by atoms with Gasteiger partial charge in [-0.1, -0.05) is 31.2 Å². The summed E-state index contributed by atoms with van der Waals surface area (Å²) in [6.45, 7) is 1.93. The van der Waals surface area contributed by atoms with Crippen molar-refractivity contribution >= 4 is 5.97 Å². The van der Waals surface area contributed by atoms with Crippen molar-refractivity contribution in [2.75, 3.05) is 0 Å². The maximum absolute atomic E-state index is 10.5. The van der Waals surface area contributed by atoms with Gasteiger partial charge in [-0.2, -0.15) is 0 Å². The van der Waals surface area contributed by atoms with Gasteiger partial charge in [0.1, 0.15) is 0 Å². The molecule has 0 amide bonds. The Labute approximate surface area is 160 Å². The quantitative estimate of drug-likeness (QED) is 0.220. The van der Waals surface area contributed by atoms with Gasteiger partial charge in [0.2, 0.25) is 4.29 Å². The van der Waals surface area contributed by atoms with E-state index in [1.165, 1.54) is 0 Å². The van der Waals surface area contributed by atoms with Crippen LogP contribution in [0.3, 0.4) is 0 Å². The second-order valence-corrected chi connectivity index (χ2v) is 7.11. The maximum atomic E-state index is 10.5. The number of carbonyl (C=O) groups is 1. The fourth-order valence-corrected chi connectivity index (χ4v) is 3.33. The number of carboxylic acid groups (broad SMARTS) is 1. The molecule has 0 saturated heterocycles. The predicted molar refractivity (Wildman–Crippen MR) is 99.5 cm³/mol. The number of aliphatic carboxylic acids is 1. The van der Waals surface area contributed by atoms with Crippen molar-refractivity contribution in [2.24, 2.45) is 11.8 Å². The van der Waals surface area contributed by atoms with Crippen molar-refractivity contribution < 1.29 is 30.3 Å². The molecule has 2 unspecified atom stereocenters. The van der Waals surface area contributed by atoms with Crippen molar-refractivity contribution in [3.05, 3.63) is 24.3 Å². The van der Waals surface area contributed by atoms with Gasteiger partial charge in [-0.3, -0.25) is 4.79 Å². The normalized spacial score (nSPS) is 30.3. The first-order chi connectivity index (χ1) is 14.0. The Kier molecular flexibility index (Phi) is 8.54. The molecule has 6 nitrogen and oxygen atoms in total. The van der Waals surface area contributed by atoms with E-state index in [2.05, 4.69) is 5.11 Å². The fourth-order valence-electron chi connectivity index (χ4n) is 3.33. The van der Waals surface area contributed by atoms with Crippen LogP contribution >= 0.6 is 0 Å². The summed E-state index contributed by atoms with van der Waals surface area (Å²) in [6.07, 6.45) is 9.99. The van der Waals surface area contributed by atoms with Crippen LogP contribution in [0.1, 0.15) is 58.3 Å². The Balaban J connectivity index is 2.65. The number of aliphatic hydroxyl groups is 4. The van der Waals surface area contributed by atoms with Crippen molar-refractivity contribution in [3.63, 3.8) is 0 Å². The van der Waals surface area contributed by atoms with Crippen LogP contribution in [0, 0.1) is 11.8 Å². The van der Waals surface area contributed by atoms with Crippen molar-refractivity contribution in [2.45, 2.75) is 82.7 Å². The van der Waals surface area contributed by atoms with Crippen LogP contribution in [-0.2, 0) is 4.79 Å². The zero-order chi connectivity index (χ0) is 21.6. The largest absolute Gasteiger partial charge is 0.481 e. The van der Waals surface area contributed by atoms with Gasteiger partial charge < -0.3 is 25.5 Å². The number of hydrogen-bond acceptors (Lipinski definition) is 5. The standard InChI is InChI=1S/C20H34O6/c1-2-14(21)9-10-15(22)11-12-17-16(18(23)13-19(17)24)7-5-3-4-6-8-20(25)26/h3,5,11-12,14-19,21-24H,2,4,6-10,13H2,1H3,(H,25,26)/b5-3-,12-11+/t14?,15?,16-,17+,18+,19-/m1/s1/i21T,22T,24T.